The van der Waals surface area contributed by atoms with E-state index in [1.165, 1.54) is 64.2 Å². The molecule has 1 atom stereocenters. The van der Waals surface area contributed by atoms with E-state index >= 15 is 0 Å². The Labute approximate surface area is 160 Å². The number of benzene rings is 1. The van der Waals surface area contributed by atoms with Crippen molar-refractivity contribution in [1.82, 2.24) is 4.90 Å². The topological polar surface area (TPSA) is 32.7 Å². The molecule has 2 aliphatic rings. The molecule has 2 aliphatic carbocycles. The van der Waals surface area contributed by atoms with Crippen LogP contribution in [0.2, 0.25) is 0 Å². The Bertz CT molecular complexity index is 477. The molecular formula is C21H32BrNO2. The van der Waals surface area contributed by atoms with Crippen LogP contribution in [0.25, 0.3) is 0 Å². The van der Waals surface area contributed by atoms with Crippen LogP contribution in [0, 0.1) is 0 Å². The van der Waals surface area contributed by atoms with Gasteiger partial charge in [-0.25, -0.2) is 0 Å². The Morgan fingerprint density at radius 2 is 1.44 bits per heavy atom. The molecule has 1 aromatic rings. The number of aliphatic hydroxyl groups is 1. The molecule has 3 rings (SSSR count). The monoisotopic (exact) mass is 409 g/mol. The average Bonchev–Trinajstić information content (AvgIpc) is 2.67. The molecule has 0 amide bonds. The molecule has 0 bridgehead atoms. The summed E-state index contributed by atoms with van der Waals surface area (Å²) in [5, 5.41) is 10.6. The first kappa shape index (κ1) is 19.2. The van der Waals surface area contributed by atoms with Gasteiger partial charge in [0, 0.05) is 23.1 Å². The highest BCUT2D eigenvalue weighted by molar-refractivity contribution is 9.10. The summed E-state index contributed by atoms with van der Waals surface area (Å²) in [6.07, 6.45) is 12.9. The van der Waals surface area contributed by atoms with Gasteiger partial charge in [0.15, 0.2) is 0 Å². The summed E-state index contributed by atoms with van der Waals surface area (Å²) in [6.45, 7) is 1.13. The van der Waals surface area contributed by atoms with Crippen molar-refractivity contribution in [1.29, 1.82) is 0 Å². The van der Waals surface area contributed by atoms with E-state index in [1.807, 2.05) is 24.3 Å². The Morgan fingerprint density at radius 3 is 1.96 bits per heavy atom. The van der Waals surface area contributed by atoms with Crippen molar-refractivity contribution in [2.45, 2.75) is 82.4 Å². The van der Waals surface area contributed by atoms with Crippen molar-refractivity contribution in [3.05, 3.63) is 28.7 Å². The van der Waals surface area contributed by atoms with Crippen LogP contribution >= 0.6 is 15.9 Å². The van der Waals surface area contributed by atoms with Crippen LogP contribution in [0.15, 0.2) is 28.7 Å². The minimum Gasteiger partial charge on any atom is -0.491 e. The number of ether oxygens (including phenoxy) is 1. The second-order valence-corrected chi connectivity index (χ2v) is 8.61. The van der Waals surface area contributed by atoms with Crippen molar-refractivity contribution in [3.63, 3.8) is 0 Å². The quantitative estimate of drug-likeness (QED) is 0.674. The molecule has 0 unspecified atom stereocenters. The van der Waals surface area contributed by atoms with E-state index in [0.717, 1.165) is 16.8 Å². The van der Waals surface area contributed by atoms with Crippen LogP contribution in [0.3, 0.4) is 0 Å². The summed E-state index contributed by atoms with van der Waals surface area (Å²) in [7, 11) is 0. The standard InChI is InChI=1S/C21H32BrNO2/c22-17-11-13-21(14-12-17)25-16-20(24)15-23(18-7-3-1-4-8-18)19-9-5-2-6-10-19/h11-14,18-20,24H,1-10,15-16H2/t20-/m0/s1. The molecule has 25 heavy (non-hydrogen) atoms. The Balaban J connectivity index is 1.55. The highest BCUT2D eigenvalue weighted by atomic mass is 79.9. The van der Waals surface area contributed by atoms with Crippen LogP contribution in [0.1, 0.15) is 64.2 Å². The van der Waals surface area contributed by atoms with Gasteiger partial charge in [-0.2, -0.15) is 0 Å². The Morgan fingerprint density at radius 1 is 0.920 bits per heavy atom. The molecule has 0 spiro atoms. The smallest absolute Gasteiger partial charge is 0.119 e. The van der Waals surface area contributed by atoms with Gasteiger partial charge in [0.1, 0.15) is 18.5 Å². The fourth-order valence-corrected chi connectivity index (χ4v) is 4.71. The van der Waals surface area contributed by atoms with Gasteiger partial charge in [0.05, 0.1) is 0 Å². The molecule has 0 saturated heterocycles. The molecule has 0 heterocycles. The van der Waals surface area contributed by atoms with Gasteiger partial charge < -0.3 is 9.84 Å². The van der Waals surface area contributed by atoms with E-state index in [9.17, 15) is 5.11 Å². The number of hydrogen-bond donors (Lipinski definition) is 1. The second kappa shape index (κ2) is 9.94. The molecule has 2 fully saturated rings. The van der Waals surface area contributed by atoms with Crippen LogP contribution in [0.5, 0.6) is 5.75 Å². The maximum absolute atomic E-state index is 10.6. The molecule has 0 aliphatic heterocycles. The third kappa shape index (κ3) is 5.97. The number of halogens is 1. The molecule has 2 saturated carbocycles. The lowest BCUT2D eigenvalue weighted by Crippen LogP contribution is -2.49. The fraction of sp³-hybridized carbons (Fsp3) is 0.714. The molecule has 4 heteroatoms. The van der Waals surface area contributed by atoms with Gasteiger partial charge in [-0.05, 0) is 49.9 Å². The van der Waals surface area contributed by atoms with E-state index < -0.39 is 6.10 Å². The lowest BCUT2D eigenvalue weighted by molar-refractivity contribution is 0.0117. The van der Waals surface area contributed by atoms with Crippen LogP contribution in [-0.2, 0) is 0 Å². The fourth-order valence-electron chi connectivity index (χ4n) is 4.44. The summed E-state index contributed by atoms with van der Waals surface area (Å²) in [5.74, 6) is 0.823. The zero-order chi connectivity index (χ0) is 17.5. The van der Waals surface area contributed by atoms with E-state index in [-0.39, 0.29) is 0 Å². The largest absolute Gasteiger partial charge is 0.491 e. The zero-order valence-corrected chi connectivity index (χ0v) is 16.8. The molecule has 0 aromatic heterocycles. The molecule has 3 nitrogen and oxygen atoms in total. The van der Waals surface area contributed by atoms with E-state index in [2.05, 4.69) is 20.8 Å². The Kier molecular flexibility index (Phi) is 7.63. The first-order valence-corrected chi connectivity index (χ1v) is 10.8. The summed E-state index contributed by atoms with van der Waals surface area (Å²) in [4.78, 5) is 2.65. The molecular weight excluding hydrogens is 378 g/mol. The van der Waals surface area contributed by atoms with Gasteiger partial charge in [-0.3, -0.25) is 4.90 Å². The van der Waals surface area contributed by atoms with Gasteiger partial charge in [-0.1, -0.05) is 54.5 Å². The molecule has 0 radical (unpaired) electrons. The summed E-state index contributed by atoms with van der Waals surface area (Å²) < 4.78 is 6.84. The predicted octanol–water partition coefficient (Wildman–Crippen LogP) is 5.16. The average molecular weight is 410 g/mol. The van der Waals surface area contributed by atoms with Gasteiger partial charge in [0.25, 0.3) is 0 Å². The maximum atomic E-state index is 10.6. The number of nitrogens with zero attached hydrogens (tertiary/aromatic N) is 1. The van der Waals surface area contributed by atoms with Crippen LogP contribution in [-0.4, -0.2) is 41.3 Å². The number of aliphatic hydroxyl groups excluding tert-OH is 1. The zero-order valence-electron chi connectivity index (χ0n) is 15.2. The van der Waals surface area contributed by atoms with Crippen LogP contribution in [0.4, 0.5) is 0 Å². The van der Waals surface area contributed by atoms with E-state index in [0.29, 0.717) is 18.7 Å². The lowest BCUT2D eigenvalue weighted by Gasteiger charge is -2.42. The number of hydrogen-bond acceptors (Lipinski definition) is 3. The Hall–Kier alpha value is -0.580. The highest BCUT2D eigenvalue weighted by Crippen LogP contribution is 2.30. The van der Waals surface area contributed by atoms with Crippen molar-refractivity contribution in [2.24, 2.45) is 0 Å². The van der Waals surface area contributed by atoms with Crippen molar-refractivity contribution >= 4 is 15.9 Å². The number of rotatable bonds is 7. The predicted molar refractivity (Wildman–Crippen MR) is 106 cm³/mol. The molecule has 1 aromatic carbocycles. The molecule has 1 N–H and O–H groups in total. The van der Waals surface area contributed by atoms with E-state index in [4.69, 9.17) is 4.74 Å². The van der Waals surface area contributed by atoms with Crippen LogP contribution < -0.4 is 4.74 Å². The maximum Gasteiger partial charge on any atom is 0.119 e. The van der Waals surface area contributed by atoms with Crippen molar-refractivity contribution in [2.75, 3.05) is 13.2 Å². The normalized spacial score (nSPS) is 21.4. The lowest BCUT2D eigenvalue weighted by atomic mass is 9.88. The third-order valence-electron chi connectivity index (χ3n) is 5.77. The third-order valence-corrected chi connectivity index (χ3v) is 6.29. The minimum absolute atomic E-state index is 0.373. The SMILES string of the molecule is O[C@H](COc1ccc(Br)cc1)CN(C1CCCCC1)C1CCCCC1. The summed E-state index contributed by atoms with van der Waals surface area (Å²) in [5.41, 5.74) is 0. The van der Waals surface area contributed by atoms with Gasteiger partial charge in [-0.15, -0.1) is 0 Å². The first-order chi connectivity index (χ1) is 12.2. The molecule has 140 valence electrons. The minimum atomic E-state index is -0.424. The van der Waals surface area contributed by atoms with Crippen molar-refractivity contribution < 1.29 is 9.84 Å². The highest BCUT2D eigenvalue weighted by Gasteiger charge is 2.30. The van der Waals surface area contributed by atoms with E-state index in [1.54, 1.807) is 0 Å². The van der Waals surface area contributed by atoms with Crippen molar-refractivity contribution in [3.8, 4) is 5.75 Å². The second-order valence-electron chi connectivity index (χ2n) is 7.70. The summed E-state index contributed by atoms with van der Waals surface area (Å²) in [6, 6.07) is 9.16. The van der Waals surface area contributed by atoms with Gasteiger partial charge in [0.2, 0.25) is 0 Å². The summed E-state index contributed by atoms with van der Waals surface area (Å²) >= 11 is 3.43. The first-order valence-electron chi connectivity index (χ1n) is 10.0. The van der Waals surface area contributed by atoms with Gasteiger partial charge >= 0.3 is 0 Å².